The Balaban J connectivity index is 1.41. The largest absolute Gasteiger partial charge is 0.491 e. The molecule has 4 aliphatic rings. The number of fused-ring (bicyclic) bond motifs is 5. The summed E-state index contributed by atoms with van der Waals surface area (Å²) < 4.78 is 22.7. The molecular formula is C23H23NO9. The van der Waals surface area contributed by atoms with Gasteiger partial charge < -0.3 is 44.3 Å². The number of carbonyl (C=O) groups is 1. The van der Waals surface area contributed by atoms with Crippen molar-refractivity contribution in [1.82, 2.24) is 0 Å². The molecule has 0 bridgehead atoms. The second kappa shape index (κ2) is 7.31. The van der Waals surface area contributed by atoms with Gasteiger partial charge in [0.2, 0.25) is 5.91 Å². The van der Waals surface area contributed by atoms with Crippen LogP contribution in [0.1, 0.15) is 11.1 Å². The molecule has 4 heterocycles. The van der Waals surface area contributed by atoms with E-state index in [0.717, 1.165) is 5.56 Å². The van der Waals surface area contributed by atoms with Crippen molar-refractivity contribution < 1.29 is 44.2 Å². The van der Waals surface area contributed by atoms with Gasteiger partial charge in [0.25, 0.3) is 0 Å². The van der Waals surface area contributed by atoms with Gasteiger partial charge in [-0.3, -0.25) is 4.79 Å². The first-order valence-electron chi connectivity index (χ1n) is 10.8. The molecule has 0 saturated carbocycles. The van der Waals surface area contributed by atoms with E-state index in [1.807, 2.05) is 12.1 Å². The molecule has 10 heteroatoms. The van der Waals surface area contributed by atoms with Gasteiger partial charge in [0.1, 0.15) is 55.4 Å². The van der Waals surface area contributed by atoms with Crippen LogP contribution >= 0.6 is 0 Å². The smallest absolute Gasteiger partial charge is 0.245 e. The molecule has 0 radical (unpaired) electrons. The Kier molecular flexibility index (Phi) is 4.58. The van der Waals surface area contributed by atoms with Crippen LogP contribution in [-0.2, 0) is 14.9 Å². The van der Waals surface area contributed by atoms with Gasteiger partial charge in [0, 0.05) is 17.3 Å². The summed E-state index contributed by atoms with van der Waals surface area (Å²) in [6.07, 6.45) is -7.56. The van der Waals surface area contributed by atoms with Gasteiger partial charge in [0.15, 0.2) is 17.8 Å². The van der Waals surface area contributed by atoms with Crippen molar-refractivity contribution >= 4 is 11.6 Å². The highest BCUT2D eigenvalue weighted by atomic mass is 16.6. The number of ether oxygens (including phenoxy) is 4. The number of rotatable bonds is 2. The maximum Gasteiger partial charge on any atom is 0.245 e. The van der Waals surface area contributed by atoms with E-state index < -0.39 is 36.1 Å². The first kappa shape index (κ1) is 20.7. The van der Waals surface area contributed by atoms with Crippen LogP contribution in [0.25, 0.3) is 0 Å². The molecule has 2 aromatic carbocycles. The minimum atomic E-state index is -1.69. The first-order chi connectivity index (χ1) is 15.9. The predicted molar refractivity (Wildman–Crippen MR) is 111 cm³/mol. The lowest BCUT2D eigenvalue weighted by molar-refractivity contribution is -0.279. The van der Waals surface area contributed by atoms with Crippen molar-refractivity contribution in [3.63, 3.8) is 0 Å². The molecule has 1 amide bonds. The number of carbonyl (C=O) groups excluding carboxylic acids is 1. The summed E-state index contributed by atoms with van der Waals surface area (Å²) in [6, 6.07) is 10.8. The normalized spacial score (nSPS) is 34.2. The van der Waals surface area contributed by atoms with E-state index in [9.17, 15) is 25.2 Å². The van der Waals surface area contributed by atoms with Crippen LogP contribution in [0.5, 0.6) is 17.2 Å². The number of anilines is 1. The average Bonchev–Trinajstić information content (AvgIpc) is 3.31. The van der Waals surface area contributed by atoms with Gasteiger partial charge >= 0.3 is 0 Å². The highest BCUT2D eigenvalue weighted by Crippen LogP contribution is 2.54. The van der Waals surface area contributed by atoms with Gasteiger partial charge in [-0.05, 0) is 17.7 Å². The molecule has 0 aliphatic carbocycles. The zero-order valence-electron chi connectivity index (χ0n) is 17.5. The third kappa shape index (κ3) is 2.82. The van der Waals surface area contributed by atoms with Gasteiger partial charge in [-0.1, -0.05) is 18.2 Å². The van der Waals surface area contributed by atoms with E-state index in [2.05, 4.69) is 0 Å². The van der Waals surface area contributed by atoms with Crippen LogP contribution in [0.2, 0.25) is 0 Å². The molecule has 6 atom stereocenters. The molecule has 2 aromatic rings. The van der Waals surface area contributed by atoms with Crippen LogP contribution in [0.4, 0.5) is 5.69 Å². The van der Waals surface area contributed by atoms with Crippen molar-refractivity contribution in [2.45, 2.75) is 36.1 Å². The van der Waals surface area contributed by atoms with E-state index >= 15 is 0 Å². The predicted octanol–water partition coefficient (Wildman–Crippen LogP) is -0.717. The monoisotopic (exact) mass is 457 g/mol. The van der Waals surface area contributed by atoms with Crippen LogP contribution in [-0.4, -0.2) is 83.4 Å². The van der Waals surface area contributed by atoms with Gasteiger partial charge in [-0.25, -0.2) is 0 Å². The summed E-state index contributed by atoms with van der Waals surface area (Å²) in [5.74, 6) is 1.35. The molecule has 4 N–H and O–H groups in total. The zero-order chi connectivity index (χ0) is 22.9. The summed E-state index contributed by atoms with van der Waals surface area (Å²) in [5.41, 5.74) is 0.877. The highest BCUT2D eigenvalue weighted by Gasteiger charge is 2.58. The fourth-order valence-corrected chi connectivity index (χ4v) is 5.15. The van der Waals surface area contributed by atoms with Crippen molar-refractivity contribution in [1.29, 1.82) is 0 Å². The molecule has 33 heavy (non-hydrogen) atoms. The number of benzene rings is 2. The van der Waals surface area contributed by atoms with Crippen molar-refractivity contribution in [3.8, 4) is 17.2 Å². The summed E-state index contributed by atoms with van der Waals surface area (Å²) in [4.78, 5) is 15.5. The second-order valence-electron chi connectivity index (χ2n) is 8.66. The molecule has 1 saturated heterocycles. The van der Waals surface area contributed by atoms with Crippen LogP contribution in [0.15, 0.2) is 36.4 Å². The molecule has 10 nitrogen and oxygen atoms in total. The topological polar surface area (TPSA) is 138 Å². The van der Waals surface area contributed by atoms with E-state index in [4.69, 9.17) is 18.9 Å². The Bertz CT molecular complexity index is 1120. The van der Waals surface area contributed by atoms with Crippen LogP contribution in [0.3, 0.4) is 0 Å². The Morgan fingerprint density at radius 2 is 1.61 bits per heavy atom. The lowest BCUT2D eigenvalue weighted by Crippen LogP contribution is -2.60. The minimum absolute atomic E-state index is 0.0790. The number of nitrogens with zero attached hydrogens (tertiary/aromatic N) is 1. The summed E-state index contributed by atoms with van der Waals surface area (Å²) in [6.45, 7) is 0.779. The number of hydrogen-bond donors (Lipinski definition) is 4. The van der Waals surface area contributed by atoms with Crippen molar-refractivity contribution in [3.05, 3.63) is 47.5 Å². The summed E-state index contributed by atoms with van der Waals surface area (Å²) >= 11 is 0. The maximum absolute atomic E-state index is 14.0. The molecule has 174 valence electrons. The Labute approximate surface area is 188 Å². The summed E-state index contributed by atoms with van der Waals surface area (Å²) in [5, 5.41) is 40.2. The highest BCUT2D eigenvalue weighted by molar-refractivity contribution is 6.11. The minimum Gasteiger partial charge on any atom is -0.491 e. The molecule has 4 aliphatic heterocycles. The second-order valence-corrected chi connectivity index (χ2v) is 8.66. The first-order valence-corrected chi connectivity index (χ1v) is 10.8. The SMILES string of the molecule is O=C1N(C[C@H]2OC(O)[C@H](O)[C@@H](O)[C@H]2O)c2ccccc2C12COc1cc3c(cc12)OCCO3. The molecule has 2 unspecified atom stereocenters. The lowest BCUT2D eigenvalue weighted by atomic mass is 9.77. The third-order valence-corrected chi connectivity index (χ3v) is 6.86. The quantitative estimate of drug-likeness (QED) is 0.460. The molecule has 0 aromatic heterocycles. The molecule has 6 rings (SSSR count). The van der Waals surface area contributed by atoms with Crippen LogP contribution < -0.4 is 19.1 Å². The Morgan fingerprint density at radius 3 is 2.39 bits per heavy atom. The standard InChI is InChI=1S/C23H23NO9/c25-18-17(33-21(28)20(27)19(18)26)9-24-13-4-2-1-3-11(13)23(22(24)29)10-32-14-8-16-15(7-12(14)23)30-5-6-31-16/h1-4,7-8,17-21,25-28H,5-6,9-10H2/t17-,18+,19+,20-,21?,23?/m1/s1. The van der Waals surface area contributed by atoms with Gasteiger partial charge in [0.05, 0.1) is 6.54 Å². The molecule has 1 fully saturated rings. The molecule has 1 spiro atoms. The number of aliphatic hydroxyl groups excluding tert-OH is 4. The Morgan fingerprint density at radius 1 is 0.879 bits per heavy atom. The zero-order valence-corrected chi connectivity index (χ0v) is 17.5. The average molecular weight is 457 g/mol. The number of hydrogen-bond acceptors (Lipinski definition) is 9. The van der Waals surface area contributed by atoms with E-state index in [1.165, 1.54) is 4.90 Å². The van der Waals surface area contributed by atoms with Gasteiger partial charge in [-0.2, -0.15) is 0 Å². The summed E-state index contributed by atoms with van der Waals surface area (Å²) in [7, 11) is 0. The number of aliphatic hydroxyl groups is 4. The van der Waals surface area contributed by atoms with Crippen LogP contribution in [0, 0.1) is 0 Å². The lowest BCUT2D eigenvalue weighted by Gasteiger charge is -2.39. The van der Waals surface area contributed by atoms with Crippen molar-refractivity contribution in [2.24, 2.45) is 0 Å². The van der Waals surface area contributed by atoms with Gasteiger partial charge in [-0.15, -0.1) is 0 Å². The van der Waals surface area contributed by atoms with E-state index in [0.29, 0.717) is 41.7 Å². The number of para-hydroxylation sites is 1. The Hall–Kier alpha value is -2.89. The fraction of sp³-hybridized carbons (Fsp3) is 0.435. The fourth-order valence-electron chi connectivity index (χ4n) is 5.15. The van der Waals surface area contributed by atoms with E-state index in [1.54, 1.807) is 24.3 Å². The molecular weight excluding hydrogens is 434 g/mol. The van der Waals surface area contributed by atoms with Crippen molar-refractivity contribution in [2.75, 3.05) is 31.3 Å². The van der Waals surface area contributed by atoms with E-state index in [-0.39, 0.29) is 19.1 Å². The number of amides is 1. The third-order valence-electron chi connectivity index (χ3n) is 6.86. The maximum atomic E-state index is 14.0.